The first-order valence-corrected chi connectivity index (χ1v) is 8.11. The van der Waals surface area contributed by atoms with E-state index in [1.165, 1.54) is 25.1 Å². The molecule has 0 aliphatic rings. The Morgan fingerprint density at radius 2 is 2.15 bits per heavy atom. The molecule has 3 rings (SSSR count). The molecule has 0 radical (unpaired) electrons. The second-order valence-corrected chi connectivity index (χ2v) is 5.67. The first kappa shape index (κ1) is 18.3. The van der Waals surface area contributed by atoms with E-state index in [0.29, 0.717) is 0 Å². The SMILES string of the molecule is CCOC(=O)c1c(C)oc2ncn(CC(=O)Nc3cccc(F)c3)c(=O)c12. The highest BCUT2D eigenvalue weighted by Crippen LogP contribution is 2.21. The molecule has 3 aromatic rings. The van der Waals surface area contributed by atoms with Crippen LogP contribution in [0.5, 0.6) is 0 Å². The maximum Gasteiger partial charge on any atom is 0.342 e. The van der Waals surface area contributed by atoms with Gasteiger partial charge in [-0.2, -0.15) is 0 Å². The summed E-state index contributed by atoms with van der Waals surface area (Å²) in [7, 11) is 0. The number of ether oxygens (including phenoxy) is 1. The maximum atomic E-state index is 13.2. The van der Waals surface area contributed by atoms with Gasteiger partial charge in [0.05, 0.1) is 6.61 Å². The smallest absolute Gasteiger partial charge is 0.342 e. The van der Waals surface area contributed by atoms with Crippen LogP contribution < -0.4 is 10.9 Å². The number of rotatable bonds is 5. The zero-order valence-electron chi connectivity index (χ0n) is 14.6. The van der Waals surface area contributed by atoms with Gasteiger partial charge in [-0.3, -0.25) is 14.2 Å². The number of halogens is 1. The summed E-state index contributed by atoms with van der Waals surface area (Å²) in [5.41, 5.74) is -0.380. The van der Waals surface area contributed by atoms with Crippen LogP contribution in [0.2, 0.25) is 0 Å². The quantitative estimate of drug-likeness (QED) is 0.688. The zero-order chi connectivity index (χ0) is 19.6. The van der Waals surface area contributed by atoms with Crippen LogP contribution >= 0.6 is 0 Å². The topological polar surface area (TPSA) is 103 Å². The molecule has 0 aliphatic heterocycles. The number of furan rings is 1. The van der Waals surface area contributed by atoms with Crippen LogP contribution in [0.4, 0.5) is 10.1 Å². The van der Waals surface area contributed by atoms with Crippen molar-refractivity contribution in [2.24, 2.45) is 0 Å². The van der Waals surface area contributed by atoms with Gasteiger partial charge in [-0.05, 0) is 32.0 Å². The van der Waals surface area contributed by atoms with Gasteiger partial charge in [-0.15, -0.1) is 0 Å². The molecule has 0 saturated carbocycles. The lowest BCUT2D eigenvalue weighted by Gasteiger charge is -2.07. The van der Waals surface area contributed by atoms with E-state index in [2.05, 4.69) is 10.3 Å². The fourth-order valence-corrected chi connectivity index (χ4v) is 2.62. The lowest BCUT2D eigenvalue weighted by atomic mass is 10.2. The molecule has 9 heteroatoms. The van der Waals surface area contributed by atoms with Crippen molar-refractivity contribution >= 4 is 28.7 Å². The van der Waals surface area contributed by atoms with E-state index >= 15 is 0 Å². The molecule has 2 heterocycles. The Kier molecular flexibility index (Phi) is 5.02. The Morgan fingerprint density at radius 1 is 1.37 bits per heavy atom. The van der Waals surface area contributed by atoms with Gasteiger partial charge >= 0.3 is 5.97 Å². The first-order chi connectivity index (χ1) is 12.9. The summed E-state index contributed by atoms with van der Waals surface area (Å²) in [4.78, 5) is 41.0. The van der Waals surface area contributed by atoms with Crippen LogP contribution in [0, 0.1) is 12.7 Å². The molecule has 1 N–H and O–H groups in total. The van der Waals surface area contributed by atoms with Crippen molar-refractivity contribution < 1.29 is 23.1 Å². The number of nitrogens with zero attached hydrogens (tertiary/aromatic N) is 2. The molecule has 0 unspecified atom stereocenters. The van der Waals surface area contributed by atoms with Crippen molar-refractivity contribution in [2.45, 2.75) is 20.4 Å². The number of anilines is 1. The summed E-state index contributed by atoms with van der Waals surface area (Å²) in [6.45, 7) is 2.93. The minimum Gasteiger partial charge on any atom is -0.462 e. The Hall–Kier alpha value is -3.49. The van der Waals surface area contributed by atoms with Crippen LogP contribution in [-0.2, 0) is 16.1 Å². The average molecular weight is 373 g/mol. The van der Waals surface area contributed by atoms with E-state index in [1.54, 1.807) is 6.92 Å². The summed E-state index contributed by atoms with van der Waals surface area (Å²) in [6, 6.07) is 5.37. The van der Waals surface area contributed by atoms with E-state index in [4.69, 9.17) is 9.15 Å². The monoisotopic (exact) mass is 373 g/mol. The Morgan fingerprint density at radius 3 is 2.85 bits per heavy atom. The van der Waals surface area contributed by atoms with Gasteiger partial charge in [0, 0.05) is 5.69 Å². The number of aromatic nitrogens is 2. The number of hydrogen-bond donors (Lipinski definition) is 1. The third-order valence-corrected chi connectivity index (χ3v) is 3.76. The lowest BCUT2D eigenvalue weighted by Crippen LogP contribution is -2.28. The molecular weight excluding hydrogens is 357 g/mol. The van der Waals surface area contributed by atoms with E-state index in [9.17, 15) is 18.8 Å². The van der Waals surface area contributed by atoms with E-state index < -0.39 is 23.3 Å². The third kappa shape index (κ3) is 3.71. The Labute approximate surface area is 152 Å². The molecule has 2 aromatic heterocycles. The van der Waals surface area contributed by atoms with E-state index in [0.717, 1.165) is 17.0 Å². The molecule has 1 amide bonds. The van der Waals surface area contributed by atoms with Crippen molar-refractivity contribution in [1.82, 2.24) is 9.55 Å². The largest absolute Gasteiger partial charge is 0.462 e. The van der Waals surface area contributed by atoms with Gasteiger partial charge in [0.2, 0.25) is 11.6 Å². The molecule has 1 aromatic carbocycles. The number of nitrogens with one attached hydrogen (secondary N) is 1. The summed E-state index contributed by atoms with van der Waals surface area (Å²) < 4.78 is 24.5. The predicted molar refractivity (Wildman–Crippen MR) is 94.0 cm³/mol. The van der Waals surface area contributed by atoms with Gasteiger partial charge in [0.1, 0.15) is 35.4 Å². The molecule has 0 fully saturated rings. The number of hydrogen-bond acceptors (Lipinski definition) is 6. The van der Waals surface area contributed by atoms with Crippen LogP contribution in [0.25, 0.3) is 11.1 Å². The van der Waals surface area contributed by atoms with Crippen LogP contribution in [-0.4, -0.2) is 28.0 Å². The van der Waals surface area contributed by atoms with Gasteiger partial charge in [-0.1, -0.05) is 6.07 Å². The van der Waals surface area contributed by atoms with Crippen LogP contribution in [0.1, 0.15) is 23.0 Å². The number of esters is 1. The predicted octanol–water partition coefficient (Wildman–Crippen LogP) is 2.25. The Balaban J connectivity index is 1.92. The molecule has 0 aliphatic carbocycles. The number of amides is 1. The molecule has 0 bridgehead atoms. The molecule has 8 nitrogen and oxygen atoms in total. The van der Waals surface area contributed by atoms with Gasteiger partial charge < -0.3 is 14.5 Å². The highest BCUT2D eigenvalue weighted by atomic mass is 19.1. The number of aryl methyl sites for hydroxylation is 1. The van der Waals surface area contributed by atoms with Crippen LogP contribution in [0.15, 0.2) is 39.8 Å². The van der Waals surface area contributed by atoms with Gasteiger partial charge in [0.25, 0.3) is 5.56 Å². The lowest BCUT2D eigenvalue weighted by molar-refractivity contribution is -0.116. The summed E-state index contributed by atoms with van der Waals surface area (Å²) in [5.74, 6) is -1.55. The summed E-state index contributed by atoms with van der Waals surface area (Å²) >= 11 is 0. The highest BCUT2D eigenvalue weighted by Gasteiger charge is 2.24. The number of benzene rings is 1. The van der Waals surface area contributed by atoms with Crippen LogP contribution in [0.3, 0.4) is 0 Å². The maximum absolute atomic E-state index is 13.2. The number of fused-ring (bicyclic) bond motifs is 1. The average Bonchev–Trinajstić information content (AvgIpc) is 2.94. The number of carbonyl (C=O) groups is 2. The second-order valence-electron chi connectivity index (χ2n) is 5.67. The fraction of sp³-hybridized carbons (Fsp3) is 0.222. The van der Waals surface area contributed by atoms with Crippen molar-refractivity contribution in [3.05, 3.63) is 58.1 Å². The molecular formula is C18H16FN3O5. The summed E-state index contributed by atoms with van der Waals surface area (Å²) in [6.07, 6.45) is 1.15. The van der Waals surface area contributed by atoms with Crippen molar-refractivity contribution in [3.63, 3.8) is 0 Å². The molecule has 27 heavy (non-hydrogen) atoms. The van der Waals surface area contributed by atoms with Crippen molar-refractivity contribution in [3.8, 4) is 0 Å². The molecule has 0 spiro atoms. The zero-order valence-corrected chi connectivity index (χ0v) is 14.6. The standard InChI is InChI=1S/C18H16FN3O5/c1-3-26-18(25)14-10(2)27-16-15(14)17(24)22(9-20-16)8-13(23)21-12-6-4-5-11(19)7-12/h4-7,9H,3,8H2,1-2H3,(H,21,23). The minimum absolute atomic E-state index is 0.00996. The second kappa shape index (κ2) is 7.40. The third-order valence-electron chi connectivity index (χ3n) is 3.76. The van der Waals surface area contributed by atoms with Crippen molar-refractivity contribution in [1.29, 1.82) is 0 Å². The molecule has 0 atom stereocenters. The van der Waals surface area contributed by atoms with E-state index in [-0.39, 0.29) is 41.3 Å². The van der Waals surface area contributed by atoms with Gasteiger partial charge in [-0.25, -0.2) is 14.2 Å². The normalized spacial score (nSPS) is 10.8. The minimum atomic E-state index is -0.699. The van der Waals surface area contributed by atoms with Gasteiger partial charge in [0.15, 0.2) is 0 Å². The first-order valence-electron chi connectivity index (χ1n) is 8.11. The highest BCUT2D eigenvalue weighted by molar-refractivity contribution is 6.03. The van der Waals surface area contributed by atoms with E-state index in [1.807, 2.05) is 0 Å². The number of carbonyl (C=O) groups excluding carboxylic acids is 2. The molecule has 0 saturated heterocycles. The molecule has 140 valence electrons. The Bertz CT molecular complexity index is 1090. The fourth-order valence-electron chi connectivity index (χ4n) is 2.62. The van der Waals surface area contributed by atoms with Crippen molar-refractivity contribution in [2.75, 3.05) is 11.9 Å². The summed E-state index contributed by atoms with van der Waals surface area (Å²) in [5, 5.41) is 2.44.